The average Bonchev–Trinajstić information content (AvgIpc) is 3.73. The molecule has 0 radical (unpaired) electrons. The lowest BCUT2D eigenvalue weighted by Crippen LogP contribution is -2.60. The molecule has 4 nitrogen and oxygen atoms in total. The topological polar surface area (TPSA) is 17.6 Å². The molecule has 216 valence electrons. The Kier molecular flexibility index (Phi) is 5.50. The number of hydrogen-bond donors (Lipinski definition) is 0. The quantitative estimate of drug-likeness (QED) is 0.203. The highest BCUT2D eigenvalue weighted by Crippen LogP contribution is 2.68. The van der Waals surface area contributed by atoms with E-state index in [0.717, 1.165) is 26.2 Å². The van der Waals surface area contributed by atoms with Crippen molar-refractivity contribution in [1.29, 1.82) is 0 Å². The van der Waals surface area contributed by atoms with Gasteiger partial charge in [-0.3, -0.25) is 0 Å². The van der Waals surface area contributed by atoms with Crippen LogP contribution in [0.3, 0.4) is 0 Å². The minimum atomic E-state index is -0.286. The van der Waals surface area contributed by atoms with Crippen LogP contribution >= 0.6 is 0 Å². The Morgan fingerprint density at radius 2 is 0.818 bits per heavy atom. The Morgan fingerprint density at radius 3 is 1.11 bits per heavy atom. The minimum Gasteiger partial charge on any atom is -0.237 e. The van der Waals surface area contributed by atoms with E-state index in [2.05, 4.69) is 167 Å². The molecule has 6 aliphatic carbocycles. The SMILES string of the molecule is CCn1cc[n+](CC23c4ccccc4C(c4ccccc42)C2(C[n+]4ccn(CC)c4)c4ccccc4C3c3ccccc32)c1. The summed E-state index contributed by atoms with van der Waals surface area (Å²) in [6, 6.07) is 37.8. The number of imidazole rings is 2. The van der Waals surface area contributed by atoms with Crippen molar-refractivity contribution in [3.63, 3.8) is 0 Å². The summed E-state index contributed by atoms with van der Waals surface area (Å²) < 4.78 is 9.46. The molecule has 6 aliphatic rings. The lowest BCUT2D eigenvalue weighted by molar-refractivity contribution is -0.705. The molecule has 0 aliphatic heterocycles. The zero-order valence-corrected chi connectivity index (χ0v) is 25.5. The van der Waals surface area contributed by atoms with Crippen LogP contribution in [0.4, 0.5) is 0 Å². The molecular weight excluding hydrogens is 536 g/mol. The normalized spacial score (nSPS) is 23.8. The second kappa shape index (κ2) is 9.40. The lowest BCUT2D eigenvalue weighted by atomic mass is 9.42. The Labute approximate surface area is 259 Å². The standard InChI is InChI=1S/C40H38N4/c1-3-41-21-23-43(27-41)25-39-33-17-9-5-13-29(33)38(30-14-6-10-18-34(30)39)40(26-44-24-22-42(4-2)28-44)35-19-11-7-15-31(35)37(39)32-16-8-12-20-36(32)40/h5-24,27-28,37-38H,3-4,25-26H2,1-2H3/q+2. The van der Waals surface area contributed by atoms with Gasteiger partial charge in [0.2, 0.25) is 12.7 Å². The summed E-state index contributed by atoms with van der Waals surface area (Å²) >= 11 is 0. The highest BCUT2D eigenvalue weighted by Gasteiger charge is 2.63. The van der Waals surface area contributed by atoms with Crippen molar-refractivity contribution < 1.29 is 9.13 Å². The van der Waals surface area contributed by atoms with Crippen LogP contribution in [0.1, 0.15) is 70.2 Å². The Bertz CT molecular complexity index is 1800. The van der Waals surface area contributed by atoms with Crippen LogP contribution < -0.4 is 9.13 Å². The predicted octanol–water partition coefficient (Wildman–Crippen LogP) is 6.48. The Morgan fingerprint density at radius 1 is 0.500 bits per heavy atom. The fraction of sp³-hybridized carbons (Fsp3) is 0.250. The molecule has 0 saturated carbocycles. The monoisotopic (exact) mass is 574 g/mol. The van der Waals surface area contributed by atoms with Crippen molar-refractivity contribution in [1.82, 2.24) is 9.13 Å². The first-order chi connectivity index (χ1) is 21.7. The van der Waals surface area contributed by atoms with Crippen LogP contribution in [-0.4, -0.2) is 9.13 Å². The van der Waals surface area contributed by atoms with Crippen LogP contribution in [0.25, 0.3) is 0 Å². The highest BCUT2D eigenvalue weighted by atomic mass is 15.1. The molecule has 6 aromatic rings. The molecule has 0 fully saturated rings. The molecule has 0 unspecified atom stereocenters. The van der Waals surface area contributed by atoms with Crippen molar-refractivity contribution in [3.8, 4) is 0 Å². The molecule has 0 N–H and O–H groups in total. The van der Waals surface area contributed by atoms with Gasteiger partial charge in [-0.2, -0.15) is 0 Å². The van der Waals surface area contributed by atoms with Crippen LogP contribution in [0.5, 0.6) is 0 Å². The summed E-state index contributed by atoms with van der Waals surface area (Å²) in [6.45, 7) is 8.10. The second-order valence-corrected chi connectivity index (χ2v) is 13.0. The molecule has 0 saturated heterocycles. The van der Waals surface area contributed by atoms with Gasteiger partial charge >= 0.3 is 0 Å². The van der Waals surface area contributed by atoms with Gasteiger partial charge in [-0.15, -0.1) is 0 Å². The summed E-state index contributed by atoms with van der Waals surface area (Å²) in [5.74, 6) is 0.323. The molecule has 0 atom stereocenters. The van der Waals surface area contributed by atoms with E-state index in [-0.39, 0.29) is 22.7 Å². The van der Waals surface area contributed by atoms with Gasteiger partial charge in [-0.25, -0.2) is 18.3 Å². The third kappa shape index (κ3) is 3.23. The van der Waals surface area contributed by atoms with E-state index < -0.39 is 0 Å². The van der Waals surface area contributed by atoms with Gasteiger partial charge in [0.15, 0.2) is 0 Å². The second-order valence-electron chi connectivity index (χ2n) is 13.0. The fourth-order valence-electron chi connectivity index (χ4n) is 9.47. The van der Waals surface area contributed by atoms with Gasteiger partial charge in [-0.05, 0) is 58.4 Å². The van der Waals surface area contributed by atoms with Crippen LogP contribution in [-0.2, 0) is 37.0 Å². The largest absolute Gasteiger partial charge is 0.243 e. The van der Waals surface area contributed by atoms with Crippen LogP contribution in [0, 0.1) is 0 Å². The summed E-state index contributed by atoms with van der Waals surface area (Å²) in [4.78, 5) is 0. The van der Waals surface area contributed by atoms with E-state index in [1.54, 1.807) is 0 Å². The number of hydrogen-bond acceptors (Lipinski definition) is 0. The maximum absolute atomic E-state index is 2.45. The Balaban J connectivity index is 1.45. The van der Waals surface area contributed by atoms with Gasteiger partial charge in [0.1, 0.15) is 37.9 Å². The third-order valence-electron chi connectivity index (χ3n) is 11.1. The first-order valence-electron chi connectivity index (χ1n) is 16.2. The molecular formula is C40H38N4+2. The first kappa shape index (κ1) is 25.8. The molecule has 2 heterocycles. The smallest absolute Gasteiger partial charge is 0.237 e. The number of benzene rings is 4. The number of nitrogens with zero attached hydrogens (tertiary/aromatic N) is 4. The predicted molar refractivity (Wildman–Crippen MR) is 172 cm³/mol. The number of rotatable bonds is 6. The molecule has 4 heteroatoms. The fourth-order valence-corrected chi connectivity index (χ4v) is 9.47. The van der Waals surface area contributed by atoms with Crippen molar-refractivity contribution in [2.24, 2.45) is 0 Å². The van der Waals surface area contributed by atoms with E-state index in [1.807, 2.05) is 0 Å². The minimum absolute atomic E-state index is 0.161. The van der Waals surface area contributed by atoms with Crippen molar-refractivity contribution in [2.45, 2.75) is 62.7 Å². The summed E-state index contributed by atoms with van der Waals surface area (Å²) in [5, 5.41) is 0. The van der Waals surface area contributed by atoms with Gasteiger partial charge in [-0.1, -0.05) is 97.1 Å². The summed E-state index contributed by atoms with van der Waals surface area (Å²) in [6.07, 6.45) is 13.6. The molecule has 4 bridgehead atoms. The number of aromatic nitrogens is 4. The average molecular weight is 575 g/mol. The molecule has 44 heavy (non-hydrogen) atoms. The molecule has 0 spiro atoms. The maximum Gasteiger partial charge on any atom is 0.243 e. The van der Waals surface area contributed by atoms with Crippen LogP contribution in [0.15, 0.2) is 135 Å². The van der Waals surface area contributed by atoms with E-state index in [0.29, 0.717) is 0 Å². The zero-order valence-electron chi connectivity index (χ0n) is 25.5. The molecule has 12 rings (SSSR count). The van der Waals surface area contributed by atoms with Crippen molar-refractivity contribution >= 4 is 0 Å². The van der Waals surface area contributed by atoms with Gasteiger partial charge in [0.25, 0.3) is 0 Å². The molecule has 4 aromatic carbocycles. The van der Waals surface area contributed by atoms with E-state index >= 15 is 0 Å². The highest BCUT2D eigenvalue weighted by molar-refractivity contribution is 5.72. The third-order valence-corrected chi connectivity index (χ3v) is 11.1. The zero-order chi connectivity index (χ0) is 29.5. The van der Waals surface area contributed by atoms with E-state index in [4.69, 9.17) is 0 Å². The van der Waals surface area contributed by atoms with E-state index in [1.165, 1.54) is 44.5 Å². The van der Waals surface area contributed by atoms with Gasteiger partial charge in [0.05, 0.1) is 23.9 Å². The van der Waals surface area contributed by atoms with Crippen LogP contribution in [0.2, 0.25) is 0 Å². The molecule has 2 aromatic heterocycles. The van der Waals surface area contributed by atoms with Gasteiger partial charge < -0.3 is 0 Å². The summed E-state index contributed by atoms with van der Waals surface area (Å²) in [7, 11) is 0. The maximum atomic E-state index is 2.45. The van der Waals surface area contributed by atoms with Crippen molar-refractivity contribution in [2.75, 3.05) is 0 Å². The van der Waals surface area contributed by atoms with Crippen molar-refractivity contribution in [3.05, 3.63) is 179 Å². The van der Waals surface area contributed by atoms with E-state index in [9.17, 15) is 0 Å². The van der Waals surface area contributed by atoms with Gasteiger partial charge in [0, 0.05) is 11.8 Å². The lowest BCUT2D eigenvalue weighted by Gasteiger charge is -2.59. The summed E-state index contributed by atoms with van der Waals surface area (Å²) in [5.41, 5.74) is 11.3. The Hall–Kier alpha value is -4.70. The first-order valence-corrected chi connectivity index (χ1v) is 16.2. The number of aryl methyl sites for hydroxylation is 2. The molecule has 0 amide bonds.